The monoisotopic (exact) mass is 264 g/mol. The van der Waals surface area contributed by atoms with E-state index in [9.17, 15) is 4.79 Å². The van der Waals surface area contributed by atoms with Gasteiger partial charge in [-0.2, -0.15) is 9.90 Å². The molecule has 5 nitrogen and oxygen atoms in total. The molecule has 0 aliphatic carbocycles. The molecule has 1 N–H and O–H groups in total. The average Bonchev–Trinajstić information content (AvgIpc) is 2.70. The van der Waals surface area contributed by atoms with Gasteiger partial charge in [-0.1, -0.05) is 17.7 Å². The molecule has 1 aromatic heterocycles. The summed E-state index contributed by atoms with van der Waals surface area (Å²) in [5.74, 6) is -0.322. The summed E-state index contributed by atoms with van der Waals surface area (Å²) < 4.78 is 0. The standard InChI is InChI=1S/C12H13ClN4O/c1-7-4-8(2)11(9(13)5-7)15-12(18)10-6-14-17(3)16-10/h4-6H,1-3H3,(H,15,18). The molecule has 0 fully saturated rings. The molecule has 0 bridgehead atoms. The first-order valence-corrected chi connectivity index (χ1v) is 5.79. The molecule has 0 unspecified atom stereocenters. The molecule has 0 saturated carbocycles. The lowest BCUT2D eigenvalue weighted by Crippen LogP contribution is -2.14. The molecule has 0 radical (unpaired) electrons. The molecule has 94 valence electrons. The summed E-state index contributed by atoms with van der Waals surface area (Å²) >= 11 is 6.12. The van der Waals surface area contributed by atoms with Crippen LogP contribution in [0.15, 0.2) is 18.3 Å². The Balaban J connectivity index is 2.27. The van der Waals surface area contributed by atoms with Gasteiger partial charge in [0.2, 0.25) is 0 Å². The van der Waals surface area contributed by atoms with Crippen LogP contribution in [0.5, 0.6) is 0 Å². The Morgan fingerprint density at radius 1 is 1.39 bits per heavy atom. The normalized spacial score (nSPS) is 10.4. The van der Waals surface area contributed by atoms with E-state index in [4.69, 9.17) is 11.6 Å². The first-order chi connectivity index (χ1) is 8.47. The van der Waals surface area contributed by atoms with E-state index in [0.717, 1.165) is 11.1 Å². The second kappa shape index (κ2) is 4.78. The molecule has 0 spiro atoms. The predicted molar refractivity (Wildman–Crippen MR) is 69.9 cm³/mol. The van der Waals surface area contributed by atoms with E-state index in [1.807, 2.05) is 19.9 Å². The van der Waals surface area contributed by atoms with Crippen molar-refractivity contribution in [2.45, 2.75) is 13.8 Å². The van der Waals surface area contributed by atoms with Gasteiger partial charge in [-0.15, -0.1) is 5.10 Å². The van der Waals surface area contributed by atoms with E-state index in [1.54, 1.807) is 13.1 Å². The highest BCUT2D eigenvalue weighted by atomic mass is 35.5. The molecule has 0 atom stereocenters. The first-order valence-electron chi connectivity index (χ1n) is 5.42. The van der Waals surface area contributed by atoms with E-state index in [-0.39, 0.29) is 11.6 Å². The number of nitrogens with one attached hydrogen (secondary N) is 1. The lowest BCUT2D eigenvalue weighted by atomic mass is 10.1. The lowest BCUT2D eigenvalue weighted by Gasteiger charge is -2.10. The summed E-state index contributed by atoms with van der Waals surface area (Å²) in [5.41, 5.74) is 2.83. The minimum Gasteiger partial charge on any atom is -0.319 e. The maximum Gasteiger partial charge on any atom is 0.277 e. The van der Waals surface area contributed by atoms with E-state index in [0.29, 0.717) is 10.7 Å². The van der Waals surface area contributed by atoms with Crippen LogP contribution in [0.1, 0.15) is 21.6 Å². The summed E-state index contributed by atoms with van der Waals surface area (Å²) in [5, 5.41) is 11.1. The minimum atomic E-state index is -0.322. The average molecular weight is 265 g/mol. The third-order valence-corrected chi connectivity index (χ3v) is 2.80. The van der Waals surface area contributed by atoms with E-state index in [1.165, 1.54) is 11.0 Å². The van der Waals surface area contributed by atoms with E-state index in [2.05, 4.69) is 15.5 Å². The van der Waals surface area contributed by atoms with Crippen LogP contribution in [-0.4, -0.2) is 20.9 Å². The van der Waals surface area contributed by atoms with Crippen molar-refractivity contribution < 1.29 is 4.79 Å². The lowest BCUT2D eigenvalue weighted by molar-refractivity contribution is 0.102. The predicted octanol–water partition coefficient (Wildman–Crippen LogP) is 2.34. The van der Waals surface area contributed by atoms with Gasteiger partial charge in [0.1, 0.15) is 0 Å². The number of aryl methyl sites for hydroxylation is 3. The van der Waals surface area contributed by atoms with Crippen molar-refractivity contribution in [3.63, 3.8) is 0 Å². The van der Waals surface area contributed by atoms with E-state index < -0.39 is 0 Å². The zero-order chi connectivity index (χ0) is 13.3. The molecule has 2 aromatic rings. The van der Waals surface area contributed by atoms with Crippen LogP contribution in [0.2, 0.25) is 5.02 Å². The molecular formula is C12H13ClN4O. The summed E-state index contributed by atoms with van der Waals surface area (Å²) in [6, 6.07) is 3.76. The summed E-state index contributed by atoms with van der Waals surface area (Å²) in [6.07, 6.45) is 1.41. The van der Waals surface area contributed by atoms with Gasteiger partial charge < -0.3 is 5.32 Å². The molecule has 18 heavy (non-hydrogen) atoms. The Hall–Kier alpha value is -1.88. The fraction of sp³-hybridized carbons (Fsp3) is 0.250. The Morgan fingerprint density at radius 2 is 2.11 bits per heavy atom. The maximum absolute atomic E-state index is 11.9. The number of hydrogen-bond donors (Lipinski definition) is 1. The Kier molecular flexibility index (Phi) is 3.34. The molecule has 6 heteroatoms. The van der Waals surface area contributed by atoms with Crippen molar-refractivity contribution in [1.29, 1.82) is 0 Å². The highest BCUT2D eigenvalue weighted by Crippen LogP contribution is 2.27. The molecule has 1 heterocycles. The van der Waals surface area contributed by atoms with Crippen LogP contribution in [0.3, 0.4) is 0 Å². The van der Waals surface area contributed by atoms with Crippen LogP contribution in [0, 0.1) is 13.8 Å². The number of halogens is 1. The second-order valence-electron chi connectivity index (χ2n) is 4.11. The Morgan fingerprint density at radius 3 is 2.67 bits per heavy atom. The summed E-state index contributed by atoms with van der Waals surface area (Å²) in [4.78, 5) is 13.3. The van der Waals surface area contributed by atoms with Gasteiger partial charge in [-0.3, -0.25) is 4.79 Å². The third-order valence-electron chi connectivity index (χ3n) is 2.50. The number of aromatic nitrogens is 3. The van der Waals surface area contributed by atoms with Crippen LogP contribution in [0.4, 0.5) is 5.69 Å². The van der Waals surface area contributed by atoms with Gasteiger partial charge in [0.25, 0.3) is 5.91 Å². The van der Waals surface area contributed by atoms with Crippen molar-refractivity contribution in [3.05, 3.63) is 40.2 Å². The van der Waals surface area contributed by atoms with Crippen LogP contribution in [-0.2, 0) is 7.05 Å². The second-order valence-corrected chi connectivity index (χ2v) is 4.52. The molecular weight excluding hydrogens is 252 g/mol. The van der Waals surface area contributed by atoms with Gasteiger partial charge in [-0.25, -0.2) is 0 Å². The molecule has 1 aromatic carbocycles. The van der Waals surface area contributed by atoms with Gasteiger partial charge in [0, 0.05) is 7.05 Å². The molecule has 0 aliphatic heterocycles. The van der Waals surface area contributed by atoms with Crippen LogP contribution in [0.25, 0.3) is 0 Å². The molecule has 0 aliphatic rings. The highest BCUT2D eigenvalue weighted by Gasteiger charge is 2.13. The van der Waals surface area contributed by atoms with E-state index >= 15 is 0 Å². The number of benzene rings is 1. The zero-order valence-electron chi connectivity index (χ0n) is 10.4. The third kappa shape index (κ3) is 2.51. The topological polar surface area (TPSA) is 59.8 Å². The van der Waals surface area contributed by atoms with Crippen molar-refractivity contribution >= 4 is 23.2 Å². The minimum absolute atomic E-state index is 0.258. The summed E-state index contributed by atoms with van der Waals surface area (Å²) in [7, 11) is 1.65. The smallest absolute Gasteiger partial charge is 0.277 e. The van der Waals surface area contributed by atoms with Gasteiger partial charge in [0.15, 0.2) is 5.69 Å². The Bertz CT molecular complexity index is 583. The van der Waals surface area contributed by atoms with Gasteiger partial charge >= 0.3 is 0 Å². The van der Waals surface area contributed by atoms with Crippen molar-refractivity contribution in [2.75, 3.05) is 5.32 Å². The quantitative estimate of drug-likeness (QED) is 0.906. The molecule has 2 rings (SSSR count). The fourth-order valence-corrected chi connectivity index (χ4v) is 2.07. The number of nitrogens with zero attached hydrogens (tertiary/aromatic N) is 3. The number of carbonyl (C=O) groups is 1. The first kappa shape index (κ1) is 12.6. The zero-order valence-corrected chi connectivity index (χ0v) is 11.1. The largest absolute Gasteiger partial charge is 0.319 e. The van der Waals surface area contributed by atoms with Gasteiger partial charge in [0.05, 0.1) is 16.9 Å². The number of carbonyl (C=O) groups excluding carboxylic acids is 1. The SMILES string of the molecule is Cc1cc(C)c(NC(=O)c2cnn(C)n2)c(Cl)c1. The van der Waals surface area contributed by atoms with Crippen molar-refractivity contribution in [2.24, 2.45) is 7.05 Å². The molecule has 0 saturated heterocycles. The van der Waals surface area contributed by atoms with Crippen LogP contribution < -0.4 is 5.32 Å². The number of amides is 1. The van der Waals surface area contributed by atoms with Crippen molar-refractivity contribution in [3.8, 4) is 0 Å². The summed E-state index contributed by atoms with van der Waals surface area (Å²) in [6.45, 7) is 3.85. The highest BCUT2D eigenvalue weighted by molar-refractivity contribution is 6.34. The number of rotatable bonds is 2. The number of anilines is 1. The van der Waals surface area contributed by atoms with Crippen molar-refractivity contribution in [1.82, 2.24) is 15.0 Å². The maximum atomic E-state index is 11.9. The van der Waals surface area contributed by atoms with Gasteiger partial charge in [-0.05, 0) is 31.0 Å². The number of hydrogen-bond acceptors (Lipinski definition) is 3. The fourth-order valence-electron chi connectivity index (χ4n) is 1.70. The van der Waals surface area contributed by atoms with Crippen LogP contribution >= 0.6 is 11.6 Å². The molecule has 1 amide bonds. The Labute approximate surface area is 110 Å².